The van der Waals surface area contributed by atoms with Gasteiger partial charge in [-0.25, -0.2) is 4.98 Å². The van der Waals surface area contributed by atoms with E-state index >= 15 is 0 Å². The van der Waals surface area contributed by atoms with Crippen LogP contribution in [0.1, 0.15) is 11.1 Å². The number of aromatic nitrogens is 2. The monoisotopic (exact) mass is 371 g/mol. The summed E-state index contributed by atoms with van der Waals surface area (Å²) in [6.07, 6.45) is 1.87. The minimum atomic E-state index is -0.141. The zero-order chi connectivity index (χ0) is 19.2. The Bertz CT molecular complexity index is 1060. The van der Waals surface area contributed by atoms with Gasteiger partial charge in [0.25, 0.3) is 5.91 Å². The molecule has 3 aromatic carbocycles. The van der Waals surface area contributed by atoms with Crippen molar-refractivity contribution >= 4 is 16.9 Å². The summed E-state index contributed by atoms with van der Waals surface area (Å²) in [5.41, 5.74) is 4.36. The smallest absolute Gasteiger partial charge is 0.258 e. The van der Waals surface area contributed by atoms with Crippen LogP contribution in [0.15, 0.2) is 85.2 Å². The summed E-state index contributed by atoms with van der Waals surface area (Å²) >= 11 is 0. The van der Waals surface area contributed by atoms with Crippen molar-refractivity contribution in [3.05, 3.63) is 96.3 Å². The Balaban J connectivity index is 1.29. The molecule has 5 heteroatoms. The zero-order valence-corrected chi connectivity index (χ0v) is 15.4. The van der Waals surface area contributed by atoms with Gasteiger partial charge in [0.2, 0.25) is 0 Å². The van der Waals surface area contributed by atoms with Crippen LogP contribution >= 0.6 is 0 Å². The van der Waals surface area contributed by atoms with Gasteiger partial charge in [-0.3, -0.25) is 4.79 Å². The third kappa shape index (κ3) is 4.38. The number of para-hydroxylation sites is 3. The lowest BCUT2D eigenvalue weighted by Crippen LogP contribution is -2.28. The summed E-state index contributed by atoms with van der Waals surface area (Å²) < 4.78 is 7.58. The molecule has 0 saturated heterocycles. The van der Waals surface area contributed by atoms with E-state index in [1.165, 1.54) is 5.56 Å². The Morgan fingerprint density at radius 1 is 0.893 bits per heavy atom. The predicted octanol–water partition coefficient (Wildman–Crippen LogP) is 3.78. The molecule has 1 heterocycles. The van der Waals surface area contributed by atoms with Crippen LogP contribution in [0, 0.1) is 0 Å². The highest BCUT2D eigenvalue weighted by molar-refractivity contribution is 5.77. The summed E-state index contributed by atoms with van der Waals surface area (Å²) in [5, 5.41) is 2.88. The van der Waals surface area contributed by atoms with E-state index < -0.39 is 0 Å². The molecule has 0 atom stereocenters. The molecule has 0 aliphatic heterocycles. The Morgan fingerprint density at radius 3 is 2.43 bits per heavy atom. The van der Waals surface area contributed by atoms with E-state index in [0.29, 0.717) is 12.3 Å². The Kier molecular flexibility index (Phi) is 5.33. The second kappa shape index (κ2) is 8.39. The van der Waals surface area contributed by atoms with Crippen LogP contribution in [-0.2, 0) is 17.9 Å². The van der Waals surface area contributed by atoms with E-state index in [1.54, 1.807) is 0 Å². The summed E-state index contributed by atoms with van der Waals surface area (Å²) in [7, 11) is 0. The fourth-order valence-electron chi connectivity index (χ4n) is 3.01. The van der Waals surface area contributed by atoms with Gasteiger partial charge in [0.1, 0.15) is 5.75 Å². The minimum Gasteiger partial charge on any atom is -0.484 e. The molecule has 1 N–H and O–H groups in total. The van der Waals surface area contributed by atoms with Crippen LogP contribution in [0.5, 0.6) is 5.75 Å². The molecule has 0 aliphatic carbocycles. The molecular formula is C23H21N3O2. The number of fused-ring (bicyclic) bond motifs is 1. The van der Waals surface area contributed by atoms with Gasteiger partial charge in [0.05, 0.1) is 17.4 Å². The molecule has 0 unspecified atom stereocenters. The van der Waals surface area contributed by atoms with Crippen molar-refractivity contribution in [1.82, 2.24) is 14.9 Å². The van der Waals surface area contributed by atoms with Crippen molar-refractivity contribution in [2.75, 3.05) is 6.61 Å². The van der Waals surface area contributed by atoms with Crippen molar-refractivity contribution in [2.45, 2.75) is 13.1 Å². The number of amides is 1. The predicted molar refractivity (Wildman–Crippen MR) is 109 cm³/mol. The normalized spacial score (nSPS) is 10.7. The number of ether oxygens (including phenoxy) is 1. The fourth-order valence-corrected chi connectivity index (χ4v) is 3.01. The lowest BCUT2D eigenvalue weighted by atomic mass is 10.1. The number of nitrogens with one attached hydrogen (secondary N) is 1. The summed E-state index contributed by atoms with van der Waals surface area (Å²) in [5.74, 6) is 0.548. The largest absolute Gasteiger partial charge is 0.484 e. The second-order valence-corrected chi connectivity index (χ2v) is 6.56. The lowest BCUT2D eigenvalue weighted by molar-refractivity contribution is -0.123. The molecule has 0 fully saturated rings. The van der Waals surface area contributed by atoms with Crippen molar-refractivity contribution in [1.29, 1.82) is 0 Å². The van der Waals surface area contributed by atoms with Crippen molar-refractivity contribution in [2.24, 2.45) is 0 Å². The number of carbonyl (C=O) groups is 1. The van der Waals surface area contributed by atoms with Gasteiger partial charge >= 0.3 is 0 Å². The topological polar surface area (TPSA) is 56.1 Å². The van der Waals surface area contributed by atoms with Gasteiger partial charge in [-0.1, -0.05) is 54.6 Å². The third-order valence-corrected chi connectivity index (χ3v) is 4.51. The van der Waals surface area contributed by atoms with Gasteiger partial charge in [-0.05, 0) is 35.4 Å². The standard InChI is InChI=1S/C23H21N3O2/c27-23(16-28-20-6-2-1-3-7-20)24-14-18-10-12-19(13-11-18)15-26-17-25-21-8-4-5-9-22(21)26/h1-13,17H,14-16H2,(H,24,27). The molecule has 0 aliphatic rings. The quantitative estimate of drug-likeness (QED) is 0.538. The fraction of sp³-hybridized carbons (Fsp3) is 0.130. The maximum Gasteiger partial charge on any atom is 0.258 e. The van der Waals surface area contributed by atoms with E-state index in [0.717, 1.165) is 23.1 Å². The van der Waals surface area contributed by atoms with E-state index in [9.17, 15) is 4.79 Å². The summed E-state index contributed by atoms with van der Waals surface area (Å²) in [6.45, 7) is 1.25. The first-order chi connectivity index (χ1) is 13.8. The molecule has 4 aromatic rings. The highest BCUT2D eigenvalue weighted by atomic mass is 16.5. The Morgan fingerprint density at radius 2 is 1.61 bits per heavy atom. The Labute approximate surface area is 163 Å². The molecule has 0 bridgehead atoms. The van der Waals surface area contributed by atoms with Gasteiger partial charge in [0.15, 0.2) is 6.61 Å². The summed E-state index contributed by atoms with van der Waals surface area (Å²) in [4.78, 5) is 16.4. The van der Waals surface area contributed by atoms with Crippen LogP contribution in [0.3, 0.4) is 0 Å². The van der Waals surface area contributed by atoms with Crippen LogP contribution in [0.25, 0.3) is 11.0 Å². The highest BCUT2D eigenvalue weighted by Gasteiger charge is 2.05. The minimum absolute atomic E-state index is 0.00972. The number of imidazole rings is 1. The summed E-state index contributed by atoms with van der Waals surface area (Å²) in [6, 6.07) is 25.6. The van der Waals surface area contributed by atoms with Gasteiger partial charge < -0.3 is 14.6 Å². The van der Waals surface area contributed by atoms with Crippen molar-refractivity contribution in [3.63, 3.8) is 0 Å². The number of hydrogen-bond acceptors (Lipinski definition) is 3. The van der Waals surface area contributed by atoms with Gasteiger partial charge in [-0.2, -0.15) is 0 Å². The van der Waals surface area contributed by atoms with E-state index in [4.69, 9.17) is 4.74 Å². The molecule has 1 aromatic heterocycles. The molecule has 140 valence electrons. The lowest BCUT2D eigenvalue weighted by Gasteiger charge is -2.09. The van der Waals surface area contributed by atoms with Crippen LogP contribution in [-0.4, -0.2) is 22.1 Å². The number of benzene rings is 3. The average molecular weight is 371 g/mol. The Hall–Kier alpha value is -3.60. The zero-order valence-electron chi connectivity index (χ0n) is 15.4. The second-order valence-electron chi connectivity index (χ2n) is 6.56. The molecule has 0 radical (unpaired) electrons. The molecule has 5 nitrogen and oxygen atoms in total. The number of carbonyl (C=O) groups excluding carboxylic acids is 1. The molecule has 28 heavy (non-hydrogen) atoms. The maximum absolute atomic E-state index is 11.9. The van der Waals surface area contributed by atoms with Gasteiger partial charge in [0, 0.05) is 13.1 Å². The molecular weight excluding hydrogens is 350 g/mol. The number of nitrogens with zero attached hydrogens (tertiary/aromatic N) is 2. The van der Waals surface area contributed by atoms with Crippen LogP contribution in [0.2, 0.25) is 0 Å². The number of rotatable bonds is 7. The maximum atomic E-state index is 11.9. The molecule has 4 rings (SSSR count). The van der Waals surface area contributed by atoms with E-state index in [-0.39, 0.29) is 12.5 Å². The van der Waals surface area contributed by atoms with Crippen molar-refractivity contribution < 1.29 is 9.53 Å². The van der Waals surface area contributed by atoms with Crippen molar-refractivity contribution in [3.8, 4) is 5.75 Å². The average Bonchev–Trinajstić information content (AvgIpc) is 3.15. The first-order valence-corrected chi connectivity index (χ1v) is 9.20. The van der Waals surface area contributed by atoms with E-state index in [2.05, 4.69) is 33.1 Å². The molecule has 0 spiro atoms. The third-order valence-electron chi connectivity index (χ3n) is 4.51. The molecule has 0 saturated carbocycles. The highest BCUT2D eigenvalue weighted by Crippen LogP contribution is 2.14. The van der Waals surface area contributed by atoms with E-state index in [1.807, 2.05) is 67.0 Å². The number of hydrogen-bond donors (Lipinski definition) is 1. The van der Waals surface area contributed by atoms with Crippen LogP contribution in [0.4, 0.5) is 0 Å². The first-order valence-electron chi connectivity index (χ1n) is 9.20. The SMILES string of the molecule is O=C(COc1ccccc1)NCc1ccc(Cn2cnc3ccccc32)cc1. The van der Waals surface area contributed by atoms with Crippen LogP contribution < -0.4 is 10.1 Å². The first kappa shape index (κ1) is 17.8. The van der Waals surface area contributed by atoms with Gasteiger partial charge in [-0.15, -0.1) is 0 Å². The molecule has 1 amide bonds.